The average Bonchev–Trinajstić information content (AvgIpc) is 3.10. The molecular formula is C15H18N2O5. The second-order valence-corrected chi connectivity index (χ2v) is 5.33. The van der Waals surface area contributed by atoms with Gasteiger partial charge in [0.2, 0.25) is 18.6 Å². The van der Waals surface area contributed by atoms with Crippen molar-refractivity contribution < 1.29 is 23.8 Å². The first-order chi connectivity index (χ1) is 10.6. The highest BCUT2D eigenvalue weighted by Gasteiger charge is 2.31. The topological polar surface area (TPSA) is 77.1 Å². The fraction of sp³-hybridized carbons (Fsp3) is 0.467. The Hall–Kier alpha value is -2.44. The lowest BCUT2D eigenvalue weighted by atomic mass is 10.1. The smallest absolute Gasteiger partial charge is 0.231 e. The molecule has 0 saturated carbocycles. The van der Waals surface area contributed by atoms with Gasteiger partial charge in [-0.25, -0.2) is 0 Å². The van der Waals surface area contributed by atoms with Gasteiger partial charge in [0.1, 0.15) is 12.4 Å². The standard InChI is InChI=1S/C15H18N2O5/c1-17-8-10(6-14(17)18)15(19)16-4-5-20-11-2-3-12-13(7-11)22-9-21-12/h2-3,7,10H,4-6,8-9H2,1H3,(H,16,19)/t10-/m0/s1. The molecule has 1 aromatic rings. The molecule has 2 aliphatic heterocycles. The molecule has 0 unspecified atom stereocenters. The lowest BCUT2D eigenvalue weighted by Gasteiger charge is -2.11. The molecule has 0 spiro atoms. The van der Waals surface area contributed by atoms with Crippen molar-refractivity contribution in [3.05, 3.63) is 18.2 Å². The minimum absolute atomic E-state index is 0.0109. The monoisotopic (exact) mass is 306 g/mol. The largest absolute Gasteiger partial charge is 0.492 e. The van der Waals surface area contributed by atoms with Gasteiger partial charge in [0.15, 0.2) is 11.5 Å². The molecule has 1 fully saturated rings. The molecule has 1 aromatic carbocycles. The maximum Gasteiger partial charge on any atom is 0.231 e. The van der Waals surface area contributed by atoms with Crippen molar-refractivity contribution in [1.82, 2.24) is 10.2 Å². The molecule has 1 saturated heterocycles. The van der Waals surface area contributed by atoms with E-state index in [9.17, 15) is 9.59 Å². The van der Waals surface area contributed by atoms with E-state index in [2.05, 4.69) is 5.32 Å². The Kier molecular flexibility index (Phi) is 4.04. The second kappa shape index (κ2) is 6.13. The van der Waals surface area contributed by atoms with Gasteiger partial charge in [-0.15, -0.1) is 0 Å². The van der Waals surface area contributed by atoms with E-state index < -0.39 is 0 Å². The van der Waals surface area contributed by atoms with Gasteiger partial charge >= 0.3 is 0 Å². The minimum Gasteiger partial charge on any atom is -0.492 e. The normalized spacial score (nSPS) is 19.4. The molecule has 0 bridgehead atoms. The SMILES string of the molecule is CN1C[C@@H](C(=O)NCCOc2ccc3c(c2)OCO3)CC1=O. The van der Waals surface area contributed by atoms with Crippen LogP contribution in [-0.4, -0.2) is 50.3 Å². The van der Waals surface area contributed by atoms with Crippen LogP contribution in [0.4, 0.5) is 0 Å². The average molecular weight is 306 g/mol. The van der Waals surface area contributed by atoms with Gasteiger partial charge in [-0.05, 0) is 12.1 Å². The van der Waals surface area contributed by atoms with Crippen molar-refractivity contribution in [2.75, 3.05) is 33.5 Å². The van der Waals surface area contributed by atoms with Gasteiger partial charge in [0.05, 0.1) is 12.5 Å². The molecule has 22 heavy (non-hydrogen) atoms. The van der Waals surface area contributed by atoms with E-state index >= 15 is 0 Å². The van der Waals surface area contributed by atoms with Gasteiger partial charge in [-0.1, -0.05) is 0 Å². The number of nitrogens with one attached hydrogen (secondary N) is 1. The zero-order chi connectivity index (χ0) is 15.5. The van der Waals surface area contributed by atoms with Crippen molar-refractivity contribution >= 4 is 11.8 Å². The third-order valence-corrected chi connectivity index (χ3v) is 3.73. The number of hydrogen-bond donors (Lipinski definition) is 1. The highest BCUT2D eigenvalue weighted by molar-refractivity contribution is 5.89. The zero-order valence-electron chi connectivity index (χ0n) is 12.3. The van der Waals surface area contributed by atoms with Gasteiger partial charge < -0.3 is 24.4 Å². The van der Waals surface area contributed by atoms with Crippen LogP contribution in [0.3, 0.4) is 0 Å². The Labute approximate surface area is 128 Å². The van der Waals surface area contributed by atoms with E-state index in [1.807, 2.05) is 0 Å². The summed E-state index contributed by atoms with van der Waals surface area (Å²) in [5, 5.41) is 2.79. The Morgan fingerprint density at radius 3 is 3.00 bits per heavy atom. The summed E-state index contributed by atoms with van der Waals surface area (Å²) in [7, 11) is 1.71. The van der Waals surface area contributed by atoms with Crippen LogP contribution in [0.5, 0.6) is 17.2 Å². The number of ether oxygens (including phenoxy) is 3. The predicted molar refractivity (Wildman–Crippen MR) is 76.8 cm³/mol. The van der Waals surface area contributed by atoms with Crippen LogP contribution >= 0.6 is 0 Å². The fourth-order valence-electron chi connectivity index (χ4n) is 2.49. The predicted octanol–water partition coefficient (Wildman–Crippen LogP) is 0.389. The lowest BCUT2D eigenvalue weighted by molar-refractivity contribution is -0.128. The number of carbonyl (C=O) groups is 2. The number of fused-ring (bicyclic) bond motifs is 1. The molecular weight excluding hydrogens is 288 g/mol. The molecule has 2 aliphatic rings. The summed E-state index contributed by atoms with van der Waals surface area (Å²) < 4.78 is 16.0. The van der Waals surface area contributed by atoms with Crippen LogP contribution in [-0.2, 0) is 9.59 Å². The van der Waals surface area contributed by atoms with Crippen LogP contribution in [0.15, 0.2) is 18.2 Å². The van der Waals surface area contributed by atoms with Crippen molar-refractivity contribution in [3.8, 4) is 17.2 Å². The molecule has 1 atom stereocenters. The van der Waals surface area contributed by atoms with E-state index in [0.29, 0.717) is 36.9 Å². The molecule has 2 heterocycles. The fourth-order valence-corrected chi connectivity index (χ4v) is 2.49. The Bertz CT molecular complexity index is 589. The van der Waals surface area contributed by atoms with Crippen LogP contribution in [0, 0.1) is 5.92 Å². The first-order valence-electron chi connectivity index (χ1n) is 7.17. The summed E-state index contributed by atoms with van der Waals surface area (Å²) in [6, 6.07) is 5.34. The van der Waals surface area contributed by atoms with Crippen molar-refractivity contribution in [1.29, 1.82) is 0 Å². The van der Waals surface area contributed by atoms with E-state index in [0.717, 1.165) is 0 Å². The summed E-state index contributed by atoms with van der Waals surface area (Å²) in [5.74, 6) is 1.67. The maximum absolute atomic E-state index is 11.9. The van der Waals surface area contributed by atoms with E-state index in [1.54, 1.807) is 30.1 Å². The van der Waals surface area contributed by atoms with Crippen LogP contribution in [0.1, 0.15) is 6.42 Å². The van der Waals surface area contributed by atoms with Crippen molar-refractivity contribution in [2.45, 2.75) is 6.42 Å². The number of likely N-dealkylation sites (tertiary alicyclic amines) is 1. The number of benzene rings is 1. The molecule has 7 nitrogen and oxygen atoms in total. The third kappa shape index (κ3) is 3.08. The Morgan fingerprint density at radius 1 is 1.41 bits per heavy atom. The first kappa shape index (κ1) is 14.5. The van der Waals surface area contributed by atoms with Gasteiger partial charge in [0.25, 0.3) is 0 Å². The zero-order valence-corrected chi connectivity index (χ0v) is 12.3. The Balaban J connectivity index is 1.40. The first-order valence-corrected chi connectivity index (χ1v) is 7.17. The van der Waals surface area contributed by atoms with E-state index in [-0.39, 0.29) is 30.9 Å². The van der Waals surface area contributed by atoms with Crippen LogP contribution in [0.2, 0.25) is 0 Å². The Morgan fingerprint density at radius 2 is 2.23 bits per heavy atom. The highest BCUT2D eigenvalue weighted by atomic mass is 16.7. The summed E-state index contributed by atoms with van der Waals surface area (Å²) in [5.41, 5.74) is 0. The second-order valence-electron chi connectivity index (χ2n) is 5.33. The molecule has 0 aromatic heterocycles. The lowest BCUT2D eigenvalue weighted by Crippen LogP contribution is -2.34. The van der Waals surface area contributed by atoms with E-state index in [4.69, 9.17) is 14.2 Å². The maximum atomic E-state index is 11.9. The minimum atomic E-state index is -0.261. The summed E-state index contributed by atoms with van der Waals surface area (Å²) >= 11 is 0. The van der Waals surface area contributed by atoms with Crippen LogP contribution < -0.4 is 19.5 Å². The van der Waals surface area contributed by atoms with Gasteiger partial charge in [-0.2, -0.15) is 0 Å². The number of carbonyl (C=O) groups excluding carboxylic acids is 2. The number of nitrogens with zero attached hydrogens (tertiary/aromatic N) is 1. The molecule has 1 N–H and O–H groups in total. The summed E-state index contributed by atoms with van der Waals surface area (Å²) in [6.07, 6.45) is 0.283. The molecule has 3 rings (SSSR count). The number of rotatable bonds is 5. The summed E-state index contributed by atoms with van der Waals surface area (Å²) in [4.78, 5) is 24.9. The summed E-state index contributed by atoms with van der Waals surface area (Å²) in [6.45, 7) is 1.45. The van der Waals surface area contributed by atoms with Crippen molar-refractivity contribution in [3.63, 3.8) is 0 Å². The van der Waals surface area contributed by atoms with Crippen molar-refractivity contribution in [2.24, 2.45) is 5.92 Å². The molecule has 0 aliphatic carbocycles. The molecule has 2 amide bonds. The van der Waals surface area contributed by atoms with E-state index in [1.165, 1.54) is 0 Å². The quantitative estimate of drug-likeness (QED) is 0.796. The van der Waals surface area contributed by atoms with Crippen LogP contribution in [0.25, 0.3) is 0 Å². The molecule has 7 heteroatoms. The van der Waals surface area contributed by atoms with Gasteiger partial charge in [0, 0.05) is 26.1 Å². The molecule has 0 radical (unpaired) electrons. The highest BCUT2D eigenvalue weighted by Crippen LogP contribution is 2.34. The third-order valence-electron chi connectivity index (χ3n) is 3.73. The van der Waals surface area contributed by atoms with Gasteiger partial charge in [-0.3, -0.25) is 9.59 Å². The number of hydrogen-bond acceptors (Lipinski definition) is 5. The molecule has 118 valence electrons. The number of amides is 2.